The first-order valence-electron chi connectivity index (χ1n) is 10.4. The van der Waals surface area contributed by atoms with Crippen molar-refractivity contribution in [1.29, 1.82) is 0 Å². The number of rotatable bonds is 6. The van der Waals surface area contributed by atoms with Gasteiger partial charge in [0.25, 0.3) is 5.91 Å². The molecule has 5 heteroatoms. The number of likely N-dealkylation sites (tertiary alicyclic amines) is 1. The first-order chi connectivity index (χ1) is 14.1. The summed E-state index contributed by atoms with van der Waals surface area (Å²) in [7, 11) is 1.90. The third-order valence-corrected chi connectivity index (χ3v) is 6.06. The van der Waals surface area contributed by atoms with Crippen LogP contribution in [0.1, 0.15) is 28.8 Å². The Morgan fingerprint density at radius 3 is 2.66 bits per heavy atom. The molecule has 152 valence electrons. The highest BCUT2D eigenvalue weighted by molar-refractivity contribution is 6.06. The molecular weight excluding hydrogens is 365 g/mol. The SMILES string of the molecule is CN(CC1CCN(CCc2ccccc2F)CC1)C(=O)c1c[nH]c2ccccc12. The van der Waals surface area contributed by atoms with Crippen LogP contribution in [0.3, 0.4) is 0 Å². The highest BCUT2D eigenvalue weighted by Crippen LogP contribution is 2.22. The summed E-state index contributed by atoms with van der Waals surface area (Å²) in [5.41, 5.74) is 2.52. The molecule has 0 atom stereocenters. The summed E-state index contributed by atoms with van der Waals surface area (Å²) in [4.78, 5) is 20.4. The van der Waals surface area contributed by atoms with Crippen molar-refractivity contribution < 1.29 is 9.18 Å². The fourth-order valence-corrected chi connectivity index (χ4v) is 4.30. The van der Waals surface area contributed by atoms with Gasteiger partial charge in [-0.25, -0.2) is 4.39 Å². The second-order valence-corrected chi connectivity index (χ2v) is 8.06. The number of nitrogens with one attached hydrogen (secondary N) is 1. The molecule has 1 N–H and O–H groups in total. The van der Waals surface area contributed by atoms with Crippen molar-refractivity contribution in [2.75, 3.05) is 33.2 Å². The lowest BCUT2D eigenvalue weighted by atomic mass is 9.95. The molecule has 0 saturated carbocycles. The summed E-state index contributed by atoms with van der Waals surface area (Å²) in [5.74, 6) is 0.475. The number of piperidine rings is 1. The molecule has 1 fully saturated rings. The van der Waals surface area contributed by atoms with Crippen molar-refractivity contribution in [3.8, 4) is 0 Å². The number of carbonyl (C=O) groups excluding carboxylic acids is 1. The monoisotopic (exact) mass is 393 g/mol. The van der Waals surface area contributed by atoms with Crippen molar-refractivity contribution in [2.45, 2.75) is 19.3 Å². The number of hydrogen-bond donors (Lipinski definition) is 1. The topological polar surface area (TPSA) is 39.3 Å². The average molecular weight is 394 g/mol. The molecule has 29 heavy (non-hydrogen) atoms. The van der Waals surface area contributed by atoms with Crippen molar-refractivity contribution >= 4 is 16.8 Å². The Morgan fingerprint density at radius 2 is 1.86 bits per heavy atom. The van der Waals surface area contributed by atoms with Gasteiger partial charge >= 0.3 is 0 Å². The largest absolute Gasteiger partial charge is 0.360 e. The second-order valence-electron chi connectivity index (χ2n) is 8.06. The molecule has 4 nitrogen and oxygen atoms in total. The number of halogens is 1. The van der Waals surface area contributed by atoms with Gasteiger partial charge in [-0.05, 0) is 56.0 Å². The molecule has 1 amide bonds. The number of hydrogen-bond acceptors (Lipinski definition) is 2. The van der Waals surface area contributed by atoms with Gasteiger partial charge in [-0.2, -0.15) is 0 Å². The minimum absolute atomic E-state index is 0.0735. The molecule has 1 aliphatic heterocycles. The van der Waals surface area contributed by atoms with E-state index in [9.17, 15) is 9.18 Å². The van der Waals surface area contributed by atoms with Crippen LogP contribution >= 0.6 is 0 Å². The minimum atomic E-state index is -0.111. The number of nitrogens with zero attached hydrogens (tertiary/aromatic N) is 2. The Kier molecular flexibility index (Phi) is 5.95. The molecule has 1 saturated heterocycles. The third-order valence-electron chi connectivity index (χ3n) is 6.06. The van der Waals surface area contributed by atoms with Gasteiger partial charge in [0.05, 0.1) is 5.56 Å². The number of amides is 1. The quantitative estimate of drug-likeness (QED) is 0.677. The van der Waals surface area contributed by atoms with Crippen LogP contribution in [-0.4, -0.2) is 53.9 Å². The van der Waals surface area contributed by atoms with Crippen molar-refractivity contribution in [1.82, 2.24) is 14.8 Å². The van der Waals surface area contributed by atoms with Gasteiger partial charge in [-0.1, -0.05) is 36.4 Å². The lowest BCUT2D eigenvalue weighted by Crippen LogP contribution is -2.40. The molecule has 0 unspecified atom stereocenters. The number of carbonyl (C=O) groups is 1. The summed E-state index contributed by atoms with van der Waals surface area (Å²) in [6, 6.07) is 14.9. The fourth-order valence-electron chi connectivity index (χ4n) is 4.30. The van der Waals surface area contributed by atoms with Gasteiger partial charge in [0.2, 0.25) is 0 Å². The molecule has 3 aromatic rings. The average Bonchev–Trinajstić information content (AvgIpc) is 3.18. The summed E-state index contributed by atoms with van der Waals surface area (Å²) in [5, 5.41) is 0.979. The predicted octanol–water partition coefficient (Wildman–Crippen LogP) is 4.33. The van der Waals surface area contributed by atoms with E-state index in [2.05, 4.69) is 9.88 Å². The first-order valence-corrected chi connectivity index (χ1v) is 10.4. The van der Waals surface area contributed by atoms with E-state index in [1.54, 1.807) is 6.07 Å². The van der Waals surface area contributed by atoms with Crippen LogP contribution in [0, 0.1) is 11.7 Å². The maximum Gasteiger partial charge on any atom is 0.255 e. The van der Waals surface area contributed by atoms with E-state index in [-0.39, 0.29) is 11.7 Å². The molecule has 0 bridgehead atoms. The van der Waals surface area contributed by atoms with Gasteiger partial charge < -0.3 is 14.8 Å². The van der Waals surface area contributed by atoms with Crippen LogP contribution in [0.15, 0.2) is 54.7 Å². The lowest BCUT2D eigenvalue weighted by Gasteiger charge is -2.34. The van der Waals surface area contributed by atoms with Crippen LogP contribution in [0.2, 0.25) is 0 Å². The van der Waals surface area contributed by atoms with Gasteiger partial charge in [0.15, 0.2) is 0 Å². The Hall–Kier alpha value is -2.66. The Morgan fingerprint density at radius 1 is 1.14 bits per heavy atom. The number of fused-ring (bicyclic) bond motifs is 1. The third kappa shape index (κ3) is 4.51. The molecule has 1 aliphatic rings. The lowest BCUT2D eigenvalue weighted by molar-refractivity contribution is 0.0742. The van der Waals surface area contributed by atoms with E-state index in [0.717, 1.165) is 67.5 Å². The van der Waals surface area contributed by atoms with Crippen molar-refractivity contribution in [3.05, 3.63) is 71.7 Å². The second kappa shape index (κ2) is 8.78. The zero-order chi connectivity index (χ0) is 20.2. The number of para-hydroxylation sites is 1. The maximum atomic E-state index is 13.8. The summed E-state index contributed by atoms with van der Waals surface area (Å²) < 4.78 is 13.8. The molecule has 0 radical (unpaired) electrons. The normalized spacial score (nSPS) is 15.7. The Labute approximate surface area is 171 Å². The van der Waals surface area contributed by atoms with Crippen LogP contribution in [0.25, 0.3) is 10.9 Å². The molecule has 0 spiro atoms. The zero-order valence-corrected chi connectivity index (χ0v) is 16.9. The van der Waals surface area contributed by atoms with Crippen molar-refractivity contribution in [2.24, 2.45) is 5.92 Å². The van der Waals surface area contributed by atoms with Gasteiger partial charge in [-0.3, -0.25) is 4.79 Å². The van der Waals surface area contributed by atoms with Crippen LogP contribution in [0.5, 0.6) is 0 Å². The standard InChI is InChI=1S/C24H28FN3O/c1-27(24(29)21-16-26-23-9-5-3-7-20(21)23)17-18-10-13-28(14-11-18)15-12-19-6-2-4-8-22(19)25/h2-9,16,18,26H,10-15,17H2,1H3. The predicted molar refractivity (Wildman–Crippen MR) is 115 cm³/mol. The minimum Gasteiger partial charge on any atom is -0.360 e. The zero-order valence-electron chi connectivity index (χ0n) is 16.9. The summed E-state index contributed by atoms with van der Waals surface area (Å²) >= 11 is 0. The van der Waals surface area contributed by atoms with Crippen LogP contribution in [-0.2, 0) is 6.42 Å². The number of aromatic amines is 1. The Balaban J connectivity index is 1.27. The van der Waals surface area contributed by atoms with Gasteiger partial charge in [0.1, 0.15) is 5.82 Å². The summed E-state index contributed by atoms with van der Waals surface area (Å²) in [6.07, 6.45) is 4.71. The highest BCUT2D eigenvalue weighted by Gasteiger charge is 2.23. The van der Waals surface area contributed by atoms with E-state index in [0.29, 0.717) is 5.92 Å². The molecule has 2 heterocycles. The smallest absolute Gasteiger partial charge is 0.255 e. The number of aromatic nitrogens is 1. The maximum absolute atomic E-state index is 13.8. The highest BCUT2D eigenvalue weighted by atomic mass is 19.1. The van der Waals surface area contributed by atoms with E-state index in [1.165, 1.54) is 6.07 Å². The number of H-pyrrole nitrogens is 1. The van der Waals surface area contributed by atoms with Gasteiger partial charge in [-0.15, -0.1) is 0 Å². The summed E-state index contributed by atoms with van der Waals surface area (Å²) in [6.45, 7) is 3.68. The van der Waals surface area contributed by atoms with E-state index in [1.807, 2.05) is 54.5 Å². The van der Waals surface area contributed by atoms with Gasteiger partial charge in [0, 0.05) is 37.2 Å². The van der Waals surface area contributed by atoms with E-state index >= 15 is 0 Å². The molecule has 4 rings (SSSR count). The molecule has 1 aromatic heterocycles. The van der Waals surface area contributed by atoms with Crippen molar-refractivity contribution in [3.63, 3.8) is 0 Å². The molecule has 2 aromatic carbocycles. The van der Waals surface area contributed by atoms with Crippen LogP contribution < -0.4 is 0 Å². The number of benzene rings is 2. The van der Waals surface area contributed by atoms with E-state index < -0.39 is 0 Å². The van der Waals surface area contributed by atoms with Crippen LogP contribution in [0.4, 0.5) is 4.39 Å². The molecular formula is C24H28FN3O. The Bertz CT molecular complexity index is 975. The van der Waals surface area contributed by atoms with E-state index in [4.69, 9.17) is 0 Å². The fraction of sp³-hybridized carbons (Fsp3) is 0.375. The molecule has 0 aliphatic carbocycles. The first kappa shape index (κ1) is 19.6.